The number of hydrogen-bond donors (Lipinski definition) is 2. The minimum atomic E-state index is -0.424. The van der Waals surface area contributed by atoms with Crippen LogP contribution in [0.3, 0.4) is 0 Å². The number of nitrogens with one attached hydrogen (secondary N) is 2. The van der Waals surface area contributed by atoms with Crippen LogP contribution in [0.25, 0.3) is 11.1 Å². The van der Waals surface area contributed by atoms with Crippen molar-refractivity contribution in [2.75, 3.05) is 0 Å². The number of fused-ring (bicyclic) bond motifs is 3. The summed E-state index contributed by atoms with van der Waals surface area (Å²) in [6.07, 6.45) is 4.91. The number of rotatable bonds is 2. The molecule has 1 aromatic heterocycles. The summed E-state index contributed by atoms with van der Waals surface area (Å²) in [4.78, 5) is 13.7. The maximum Gasteiger partial charge on any atom is 0.417 e. The smallest absolute Gasteiger partial charge is 0.417 e. The minimum absolute atomic E-state index is 0.266. The van der Waals surface area contributed by atoms with Crippen LogP contribution in [0.15, 0.2) is 27.4 Å². The highest BCUT2D eigenvalue weighted by molar-refractivity contribution is 5.73. The van der Waals surface area contributed by atoms with E-state index < -0.39 is 5.76 Å². The first kappa shape index (κ1) is 11.1. The molecule has 1 aromatic carbocycles. The molecule has 0 saturated carbocycles. The van der Waals surface area contributed by atoms with Crippen molar-refractivity contribution in [3.8, 4) is 5.75 Å². The van der Waals surface area contributed by atoms with Crippen LogP contribution in [0.5, 0.6) is 5.75 Å². The Morgan fingerprint density at radius 1 is 1.21 bits per heavy atom. The zero-order chi connectivity index (χ0) is 12.8. The second-order valence-electron chi connectivity index (χ2n) is 5.52. The lowest BCUT2D eigenvalue weighted by Crippen LogP contribution is -2.42. The van der Waals surface area contributed by atoms with Crippen molar-refractivity contribution < 1.29 is 9.15 Å². The number of aromatic amines is 1. The van der Waals surface area contributed by atoms with Crippen molar-refractivity contribution in [2.24, 2.45) is 0 Å². The van der Waals surface area contributed by atoms with Gasteiger partial charge >= 0.3 is 5.76 Å². The van der Waals surface area contributed by atoms with Gasteiger partial charge in [-0.2, -0.15) is 0 Å². The number of hydrogen-bond acceptors (Lipinski definition) is 4. The number of ether oxygens (including phenoxy) is 1. The third-order valence-corrected chi connectivity index (χ3v) is 4.13. The molecule has 0 amide bonds. The fourth-order valence-electron chi connectivity index (χ4n) is 3.29. The number of benzene rings is 1. The van der Waals surface area contributed by atoms with E-state index in [1.807, 2.05) is 12.1 Å². The normalized spacial score (nSPS) is 29.8. The average Bonchev–Trinajstić information content (AvgIpc) is 2.91. The molecular formula is C14H16N2O3. The van der Waals surface area contributed by atoms with Crippen LogP contribution in [0.2, 0.25) is 0 Å². The molecule has 2 aliphatic heterocycles. The van der Waals surface area contributed by atoms with Gasteiger partial charge < -0.3 is 14.5 Å². The molecular weight excluding hydrogens is 244 g/mol. The zero-order valence-corrected chi connectivity index (χ0v) is 10.5. The monoisotopic (exact) mass is 260 g/mol. The van der Waals surface area contributed by atoms with Gasteiger partial charge in [0, 0.05) is 18.2 Å². The standard InChI is InChI=1S/C14H16N2O3/c17-14-16-12-4-3-10(7-13(12)19-14)18-11-5-8-1-2-9(6-11)15-8/h3-4,7-9,11,15H,1-2,5-6H2,(H,16,17). The fraction of sp³-hybridized carbons (Fsp3) is 0.500. The van der Waals surface area contributed by atoms with Gasteiger partial charge in [0.05, 0.1) is 5.52 Å². The highest BCUT2D eigenvalue weighted by Crippen LogP contribution is 2.30. The lowest BCUT2D eigenvalue weighted by Gasteiger charge is -2.29. The summed E-state index contributed by atoms with van der Waals surface area (Å²) in [6.45, 7) is 0. The molecule has 5 nitrogen and oxygen atoms in total. The van der Waals surface area contributed by atoms with Gasteiger partial charge in [0.2, 0.25) is 0 Å². The summed E-state index contributed by atoms with van der Waals surface area (Å²) in [7, 11) is 0. The van der Waals surface area contributed by atoms with E-state index in [-0.39, 0.29) is 6.10 Å². The van der Waals surface area contributed by atoms with E-state index in [9.17, 15) is 4.79 Å². The molecule has 2 aliphatic rings. The average molecular weight is 260 g/mol. The Labute approximate surface area is 109 Å². The molecule has 2 bridgehead atoms. The number of piperidine rings is 1. The highest BCUT2D eigenvalue weighted by atomic mass is 16.5. The summed E-state index contributed by atoms with van der Waals surface area (Å²) in [5, 5.41) is 3.59. The minimum Gasteiger partial charge on any atom is -0.490 e. The Morgan fingerprint density at radius 3 is 2.79 bits per heavy atom. The lowest BCUT2D eigenvalue weighted by molar-refractivity contribution is 0.137. The predicted molar refractivity (Wildman–Crippen MR) is 70.4 cm³/mol. The molecule has 0 radical (unpaired) electrons. The Bertz CT molecular complexity index is 648. The summed E-state index contributed by atoms with van der Waals surface area (Å²) in [5.74, 6) is 0.355. The van der Waals surface area contributed by atoms with Crippen molar-refractivity contribution in [3.63, 3.8) is 0 Å². The van der Waals surface area contributed by atoms with Crippen LogP contribution >= 0.6 is 0 Å². The number of H-pyrrole nitrogens is 1. The summed E-state index contributed by atoms with van der Waals surface area (Å²) < 4.78 is 11.1. The summed E-state index contributed by atoms with van der Waals surface area (Å²) in [6, 6.07) is 6.72. The second-order valence-corrected chi connectivity index (χ2v) is 5.52. The molecule has 2 atom stereocenters. The third-order valence-electron chi connectivity index (χ3n) is 4.13. The van der Waals surface area contributed by atoms with E-state index >= 15 is 0 Å². The van der Waals surface area contributed by atoms with E-state index in [1.54, 1.807) is 6.07 Å². The summed E-state index contributed by atoms with van der Waals surface area (Å²) in [5.41, 5.74) is 1.27. The van der Waals surface area contributed by atoms with E-state index in [4.69, 9.17) is 9.15 Å². The second kappa shape index (κ2) is 4.13. The van der Waals surface area contributed by atoms with Crippen LogP contribution in [-0.4, -0.2) is 23.2 Å². The SMILES string of the molecule is O=c1[nH]c2ccc(OC3CC4CCC(C3)N4)cc2o1. The quantitative estimate of drug-likeness (QED) is 0.863. The molecule has 100 valence electrons. The van der Waals surface area contributed by atoms with Gasteiger partial charge in [-0.25, -0.2) is 4.79 Å². The molecule has 2 saturated heterocycles. The molecule has 3 heterocycles. The van der Waals surface area contributed by atoms with Crippen molar-refractivity contribution in [1.82, 2.24) is 10.3 Å². The number of oxazole rings is 1. The van der Waals surface area contributed by atoms with Crippen LogP contribution in [0, 0.1) is 0 Å². The van der Waals surface area contributed by atoms with Crippen LogP contribution in [-0.2, 0) is 0 Å². The first-order valence-electron chi connectivity index (χ1n) is 6.82. The Kier molecular flexibility index (Phi) is 2.41. The highest BCUT2D eigenvalue weighted by Gasteiger charge is 2.34. The van der Waals surface area contributed by atoms with E-state index in [1.165, 1.54) is 12.8 Å². The lowest BCUT2D eigenvalue weighted by atomic mass is 10.0. The predicted octanol–water partition coefficient (Wildman–Crippen LogP) is 1.78. The molecule has 5 heteroatoms. The molecule has 2 fully saturated rings. The molecule has 0 aliphatic carbocycles. The van der Waals surface area contributed by atoms with Crippen molar-refractivity contribution in [2.45, 2.75) is 43.9 Å². The van der Waals surface area contributed by atoms with Gasteiger partial charge in [0.15, 0.2) is 5.58 Å². The van der Waals surface area contributed by atoms with Crippen molar-refractivity contribution >= 4 is 11.1 Å². The maximum atomic E-state index is 11.1. The molecule has 19 heavy (non-hydrogen) atoms. The number of aromatic nitrogens is 1. The van der Waals surface area contributed by atoms with Crippen molar-refractivity contribution in [1.29, 1.82) is 0 Å². The van der Waals surface area contributed by atoms with Gasteiger partial charge in [0.25, 0.3) is 0 Å². The van der Waals surface area contributed by atoms with E-state index in [2.05, 4.69) is 10.3 Å². The van der Waals surface area contributed by atoms with E-state index in [0.29, 0.717) is 23.2 Å². The Morgan fingerprint density at radius 2 is 2.00 bits per heavy atom. The van der Waals surface area contributed by atoms with Crippen LogP contribution < -0.4 is 15.8 Å². The van der Waals surface area contributed by atoms with Crippen LogP contribution in [0.4, 0.5) is 0 Å². The fourth-order valence-corrected chi connectivity index (χ4v) is 3.29. The van der Waals surface area contributed by atoms with Gasteiger partial charge in [-0.15, -0.1) is 0 Å². The van der Waals surface area contributed by atoms with Gasteiger partial charge in [0.1, 0.15) is 11.9 Å². The van der Waals surface area contributed by atoms with E-state index in [0.717, 1.165) is 18.6 Å². The Balaban J connectivity index is 1.56. The van der Waals surface area contributed by atoms with Gasteiger partial charge in [-0.05, 0) is 37.8 Å². The maximum absolute atomic E-state index is 11.1. The Hall–Kier alpha value is -1.75. The molecule has 4 rings (SSSR count). The van der Waals surface area contributed by atoms with Crippen LogP contribution in [0.1, 0.15) is 25.7 Å². The molecule has 2 N–H and O–H groups in total. The van der Waals surface area contributed by atoms with Crippen molar-refractivity contribution in [3.05, 3.63) is 28.7 Å². The molecule has 2 aromatic rings. The first-order chi connectivity index (χ1) is 9.26. The summed E-state index contributed by atoms with van der Waals surface area (Å²) >= 11 is 0. The van der Waals surface area contributed by atoms with Gasteiger partial charge in [-0.3, -0.25) is 4.98 Å². The largest absolute Gasteiger partial charge is 0.490 e. The van der Waals surface area contributed by atoms with Gasteiger partial charge in [-0.1, -0.05) is 0 Å². The zero-order valence-electron chi connectivity index (χ0n) is 10.5. The molecule has 0 spiro atoms. The third kappa shape index (κ3) is 2.04. The topological polar surface area (TPSA) is 67.3 Å². The molecule has 2 unspecified atom stereocenters. The first-order valence-corrected chi connectivity index (χ1v) is 6.82.